The molecule has 0 spiro atoms. The highest BCUT2D eigenvalue weighted by Gasteiger charge is 2.36. The summed E-state index contributed by atoms with van der Waals surface area (Å²) in [6, 6.07) is 1.46. The van der Waals surface area contributed by atoms with Crippen molar-refractivity contribution in [3.05, 3.63) is 28.3 Å². The zero-order valence-electron chi connectivity index (χ0n) is 8.12. The highest BCUT2D eigenvalue weighted by Crippen LogP contribution is 2.39. The van der Waals surface area contributed by atoms with E-state index >= 15 is 0 Å². The second kappa shape index (κ2) is 4.42. The van der Waals surface area contributed by atoms with Crippen molar-refractivity contribution in [2.75, 3.05) is 5.73 Å². The molecule has 0 fully saturated rings. The number of anilines is 1. The van der Waals surface area contributed by atoms with E-state index in [1.165, 1.54) is 0 Å². The molecule has 1 aromatic rings. The fourth-order valence-corrected chi connectivity index (χ4v) is 1.53. The lowest BCUT2D eigenvalue weighted by Crippen LogP contribution is -2.15. The Labute approximate surface area is 98.4 Å². The molecule has 0 aliphatic carbocycles. The van der Waals surface area contributed by atoms with Gasteiger partial charge in [0.15, 0.2) is 6.10 Å². The fraction of sp³-hybridized carbons (Fsp3) is 0.222. The molecule has 4 N–H and O–H groups in total. The van der Waals surface area contributed by atoms with E-state index in [1.807, 2.05) is 0 Å². The summed E-state index contributed by atoms with van der Waals surface area (Å²) in [5.74, 6) is -1.72. The predicted octanol–water partition coefficient (Wildman–Crippen LogP) is 2.06. The minimum absolute atomic E-state index is 0.336. The quantitative estimate of drug-likeness (QED) is 0.718. The number of nitrogen functional groups attached to an aromatic ring is 1. The Morgan fingerprint density at radius 2 is 1.94 bits per heavy atom. The zero-order chi connectivity index (χ0) is 13.4. The summed E-state index contributed by atoms with van der Waals surface area (Å²) < 4.78 is 37.5. The second-order valence-corrected chi connectivity index (χ2v) is 3.59. The van der Waals surface area contributed by atoms with E-state index in [-0.39, 0.29) is 5.69 Å². The first-order valence-corrected chi connectivity index (χ1v) is 4.59. The summed E-state index contributed by atoms with van der Waals surface area (Å²) in [5.41, 5.74) is 2.99. The molecule has 0 aliphatic heterocycles. The number of carbonyl (C=O) groups is 1. The van der Waals surface area contributed by atoms with Crippen LogP contribution in [0.2, 0.25) is 5.02 Å². The lowest BCUT2D eigenvalue weighted by atomic mass is 10.0. The number of hydrogen-bond acceptors (Lipinski definition) is 3. The Morgan fingerprint density at radius 1 is 1.41 bits per heavy atom. The molecule has 4 nitrogen and oxygen atoms in total. The van der Waals surface area contributed by atoms with Crippen LogP contribution < -0.4 is 5.73 Å². The van der Waals surface area contributed by atoms with Gasteiger partial charge in [-0.3, -0.25) is 0 Å². The molecular formula is C9H7ClF3NO3. The van der Waals surface area contributed by atoms with Gasteiger partial charge in [0.05, 0.1) is 10.6 Å². The van der Waals surface area contributed by atoms with Gasteiger partial charge in [-0.15, -0.1) is 0 Å². The number of benzene rings is 1. The highest BCUT2D eigenvalue weighted by molar-refractivity contribution is 6.32. The molecule has 1 atom stereocenters. The Bertz CT molecular complexity index is 462. The topological polar surface area (TPSA) is 83.5 Å². The van der Waals surface area contributed by atoms with Crippen molar-refractivity contribution in [1.29, 1.82) is 0 Å². The number of halogens is 4. The molecule has 0 saturated heterocycles. The fourth-order valence-electron chi connectivity index (χ4n) is 1.21. The maximum absolute atomic E-state index is 12.5. The van der Waals surface area contributed by atoms with Gasteiger partial charge in [-0.2, -0.15) is 13.2 Å². The van der Waals surface area contributed by atoms with Crippen LogP contribution in [0.15, 0.2) is 12.1 Å². The van der Waals surface area contributed by atoms with Crippen LogP contribution in [0, 0.1) is 0 Å². The number of aliphatic carboxylic acids is 1. The van der Waals surface area contributed by atoms with Crippen molar-refractivity contribution in [2.24, 2.45) is 0 Å². The van der Waals surface area contributed by atoms with E-state index in [4.69, 9.17) is 22.4 Å². The molecular weight excluding hydrogens is 263 g/mol. The first kappa shape index (κ1) is 13.6. The molecule has 8 heteroatoms. The lowest BCUT2D eigenvalue weighted by Gasteiger charge is -2.15. The van der Waals surface area contributed by atoms with Gasteiger partial charge in [-0.25, -0.2) is 4.79 Å². The average Bonchev–Trinajstić information content (AvgIpc) is 2.18. The Kier molecular flexibility index (Phi) is 3.53. The van der Waals surface area contributed by atoms with Gasteiger partial charge < -0.3 is 15.9 Å². The van der Waals surface area contributed by atoms with Crippen molar-refractivity contribution in [3.8, 4) is 0 Å². The first-order valence-electron chi connectivity index (χ1n) is 4.21. The standard InChI is InChI=1S/C9H7ClF3NO3/c10-6-4(7(15)8(16)17)1-3(14)2-5(6)9(11,12)13/h1-2,7,15H,14H2,(H,16,17). The molecule has 0 aliphatic rings. The summed E-state index contributed by atoms with van der Waals surface area (Å²) in [6.45, 7) is 0. The number of carboxylic acids is 1. The van der Waals surface area contributed by atoms with Crippen LogP contribution in [0.1, 0.15) is 17.2 Å². The maximum atomic E-state index is 12.5. The number of nitrogens with two attached hydrogens (primary N) is 1. The summed E-state index contributed by atoms with van der Waals surface area (Å²) in [5, 5.41) is 16.8. The number of aliphatic hydroxyl groups excluding tert-OH is 1. The largest absolute Gasteiger partial charge is 0.479 e. The lowest BCUT2D eigenvalue weighted by molar-refractivity contribution is -0.147. The second-order valence-electron chi connectivity index (χ2n) is 3.21. The molecule has 94 valence electrons. The average molecular weight is 270 g/mol. The molecule has 0 radical (unpaired) electrons. The Morgan fingerprint density at radius 3 is 2.35 bits per heavy atom. The number of alkyl halides is 3. The smallest absolute Gasteiger partial charge is 0.417 e. The van der Waals surface area contributed by atoms with E-state index in [1.54, 1.807) is 0 Å². The molecule has 1 rings (SSSR count). The summed E-state index contributed by atoms with van der Waals surface area (Å²) in [6.07, 6.45) is -6.94. The normalized spacial score (nSPS) is 13.5. The van der Waals surface area contributed by atoms with Crippen LogP contribution in [0.4, 0.5) is 18.9 Å². The number of rotatable bonds is 2. The molecule has 1 aromatic carbocycles. The first-order chi connectivity index (χ1) is 7.64. The van der Waals surface area contributed by atoms with Gasteiger partial charge in [0.1, 0.15) is 0 Å². The number of hydrogen-bond donors (Lipinski definition) is 3. The van der Waals surface area contributed by atoms with Crippen LogP contribution >= 0.6 is 11.6 Å². The molecule has 17 heavy (non-hydrogen) atoms. The van der Waals surface area contributed by atoms with E-state index < -0.39 is 34.4 Å². The summed E-state index contributed by atoms with van der Waals surface area (Å²) >= 11 is 5.41. The molecule has 0 saturated carbocycles. The third kappa shape index (κ3) is 2.80. The van der Waals surface area contributed by atoms with Gasteiger partial charge in [0, 0.05) is 11.3 Å². The zero-order valence-corrected chi connectivity index (χ0v) is 8.88. The molecule has 0 aromatic heterocycles. The van der Waals surface area contributed by atoms with Gasteiger partial charge >= 0.3 is 12.1 Å². The monoisotopic (exact) mass is 269 g/mol. The molecule has 0 bridgehead atoms. The van der Waals surface area contributed by atoms with Crippen LogP contribution in [0.5, 0.6) is 0 Å². The van der Waals surface area contributed by atoms with Crippen LogP contribution in [-0.2, 0) is 11.0 Å². The third-order valence-electron chi connectivity index (χ3n) is 1.96. The van der Waals surface area contributed by atoms with E-state index in [0.717, 1.165) is 6.07 Å². The summed E-state index contributed by atoms with van der Waals surface area (Å²) in [4.78, 5) is 10.5. The van der Waals surface area contributed by atoms with Gasteiger partial charge in [-0.1, -0.05) is 11.6 Å². The molecule has 0 amide bonds. The number of carboxylic acid groups (broad SMARTS) is 1. The minimum atomic E-state index is -4.78. The predicted molar refractivity (Wildman–Crippen MR) is 53.5 cm³/mol. The Hall–Kier alpha value is -1.47. The number of aliphatic hydroxyl groups is 1. The Balaban J connectivity index is 3.44. The van der Waals surface area contributed by atoms with E-state index in [2.05, 4.69) is 0 Å². The third-order valence-corrected chi connectivity index (χ3v) is 2.38. The van der Waals surface area contributed by atoms with Crippen molar-refractivity contribution in [3.63, 3.8) is 0 Å². The van der Waals surface area contributed by atoms with Gasteiger partial charge in [0.25, 0.3) is 0 Å². The highest BCUT2D eigenvalue weighted by atomic mass is 35.5. The van der Waals surface area contributed by atoms with Crippen LogP contribution in [-0.4, -0.2) is 16.2 Å². The SMILES string of the molecule is Nc1cc(C(O)C(=O)O)c(Cl)c(C(F)(F)F)c1. The summed E-state index contributed by atoms with van der Waals surface area (Å²) in [7, 11) is 0. The minimum Gasteiger partial charge on any atom is -0.479 e. The van der Waals surface area contributed by atoms with E-state index in [0.29, 0.717) is 6.07 Å². The van der Waals surface area contributed by atoms with Crippen molar-refractivity contribution < 1.29 is 28.2 Å². The van der Waals surface area contributed by atoms with Gasteiger partial charge in [0.2, 0.25) is 0 Å². The molecule has 1 unspecified atom stereocenters. The van der Waals surface area contributed by atoms with Crippen LogP contribution in [0.25, 0.3) is 0 Å². The van der Waals surface area contributed by atoms with Crippen molar-refractivity contribution in [1.82, 2.24) is 0 Å². The maximum Gasteiger partial charge on any atom is 0.417 e. The van der Waals surface area contributed by atoms with Crippen molar-refractivity contribution in [2.45, 2.75) is 12.3 Å². The van der Waals surface area contributed by atoms with E-state index in [9.17, 15) is 23.1 Å². The molecule has 0 heterocycles. The van der Waals surface area contributed by atoms with Crippen LogP contribution in [0.3, 0.4) is 0 Å². The van der Waals surface area contributed by atoms with Gasteiger partial charge in [-0.05, 0) is 12.1 Å². The van der Waals surface area contributed by atoms with Crippen molar-refractivity contribution >= 4 is 23.3 Å².